The van der Waals surface area contributed by atoms with Crippen LogP contribution in [0.2, 0.25) is 0 Å². The van der Waals surface area contributed by atoms with Gasteiger partial charge in [0.05, 0.1) is 17.1 Å². The molecule has 5 heteroatoms. The highest BCUT2D eigenvalue weighted by Gasteiger charge is 2.26. The predicted molar refractivity (Wildman–Crippen MR) is 83.2 cm³/mol. The Hall–Kier alpha value is -2.95. The van der Waals surface area contributed by atoms with Crippen LogP contribution in [0.5, 0.6) is 5.88 Å². The van der Waals surface area contributed by atoms with Crippen molar-refractivity contribution >= 4 is 5.69 Å². The van der Waals surface area contributed by atoms with Crippen LogP contribution in [0.1, 0.15) is 5.56 Å². The van der Waals surface area contributed by atoms with Crippen LogP contribution < -0.4 is 4.74 Å². The van der Waals surface area contributed by atoms with Crippen LogP contribution in [0.25, 0.3) is 11.1 Å². The highest BCUT2D eigenvalue weighted by atomic mass is 16.6. The Morgan fingerprint density at radius 3 is 2.32 bits per heavy atom. The molecule has 0 saturated heterocycles. The maximum absolute atomic E-state index is 11.4. The van der Waals surface area contributed by atoms with Crippen molar-refractivity contribution in [3.8, 4) is 17.0 Å². The molecule has 2 heterocycles. The maximum Gasteiger partial charge on any atom is 0.295 e. The average molecular weight is 294 g/mol. The zero-order valence-corrected chi connectivity index (χ0v) is 11.8. The first-order chi connectivity index (χ1) is 10.8. The van der Waals surface area contributed by atoms with Gasteiger partial charge in [0.25, 0.3) is 5.69 Å². The Morgan fingerprint density at radius 2 is 1.68 bits per heavy atom. The third kappa shape index (κ3) is 2.74. The summed E-state index contributed by atoms with van der Waals surface area (Å²) in [4.78, 5) is 15.0. The van der Waals surface area contributed by atoms with Crippen molar-refractivity contribution in [2.75, 3.05) is 6.61 Å². The standard InChI is InChI=1S/C17H14N2O3/c20-19(21)15-12-18-17-14(10-11-22-17)16(15)13-8-6-4-2-1-3-5-7-9-13/h1-9,12H,10-11H2. The highest BCUT2D eigenvalue weighted by molar-refractivity contribution is 5.78. The Bertz CT molecular complexity index is 749. The third-order valence-electron chi connectivity index (χ3n) is 3.41. The number of pyridine rings is 1. The number of hydrogen-bond acceptors (Lipinski definition) is 4. The second kappa shape index (κ2) is 6.22. The molecule has 22 heavy (non-hydrogen) atoms. The minimum Gasteiger partial charge on any atom is -0.477 e. The fourth-order valence-electron chi connectivity index (χ4n) is 2.45. The highest BCUT2D eigenvalue weighted by Crippen LogP contribution is 2.38. The molecule has 110 valence electrons. The van der Waals surface area contributed by atoms with E-state index in [1.807, 2.05) is 54.6 Å². The molecule has 0 radical (unpaired) electrons. The average Bonchev–Trinajstić information content (AvgIpc) is 3.00. The van der Waals surface area contributed by atoms with Crippen LogP contribution in [-0.2, 0) is 6.42 Å². The van der Waals surface area contributed by atoms with E-state index in [1.165, 1.54) is 6.20 Å². The van der Waals surface area contributed by atoms with Gasteiger partial charge in [-0.05, 0) is 5.56 Å². The minimum atomic E-state index is -0.395. The van der Waals surface area contributed by atoms with Crippen LogP contribution in [0, 0.1) is 10.1 Å². The lowest BCUT2D eigenvalue weighted by Gasteiger charge is -2.06. The first-order valence-electron chi connectivity index (χ1n) is 6.95. The summed E-state index contributed by atoms with van der Waals surface area (Å²) < 4.78 is 5.44. The van der Waals surface area contributed by atoms with Gasteiger partial charge >= 0.3 is 0 Å². The molecule has 0 spiro atoms. The van der Waals surface area contributed by atoms with Crippen LogP contribution in [0.15, 0.2) is 60.8 Å². The summed E-state index contributed by atoms with van der Waals surface area (Å²) in [6.07, 6.45) is 1.90. The van der Waals surface area contributed by atoms with E-state index in [-0.39, 0.29) is 5.69 Å². The van der Waals surface area contributed by atoms with E-state index in [0.717, 1.165) is 11.1 Å². The third-order valence-corrected chi connectivity index (χ3v) is 3.41. The van der Waals surface area contributed by atoms with E-state index in [2.05, 4.69) is 4.98 Å². The van der Waals surface area contributed by atoms with Gasteiger partial charge in [-0.25, -0.2) is 4.98 Å². The van der Waals surface area contributed by atoms with Crippen LogP contribution in [-0.4, -0.2) is 16.5 Å². The molecule has 1 aliphatic rings. The van der Waals surface area contributed by atoms with Crippen molar-refractivity contribution in [3.63, 3.8) is 0 Å². The smallest absolute Gasteiger partial charge is 0.295 e. The van der Waals surface area contributed by atoms with Gasteiger partial charge in [-0.15, -0.1) is 0 Å². The van der Waals surface area contributed by atoms with Gasteiger partial charge in [0.15, 0.2) is 0 Å². The predicted octanol–water partition coefficient (Wildman–Crippen LogP) is 3.72. The molecule has 2 aromatic rings. The fraction of sp³-hybridized carbons (Fsp3) is 0.118. The summed E-state index contributed by atoms with van der Waals surface area (Å²) in [5, 5.41) is 11.4. The molecule has 0 fully saturated rings. The number of nitro groups is 1. The van der Waals surface area contributed by atoms with E-state index in [1.54, 1.807) is 0 Å². The number of fused-ring (bicyclic) bond motifs is 1. The molecular weight excluding hydrogens is 280 g/mol. The van der Waals surface area contributed by atoms with Gasteiger partial charge in [-0.1, -0.05) is 54.6 Å². The van der Waals surface area contributed by atoms with Crippen molar-refractivity contribution in [1.29, 1.82) is 0 Å². The molecule has 0 unspecified atom stereocenters. The second-order valence-corrected chi connectivity index (χ2v) is 4.79. The number of aromatic nitrogens is 1. The summed E-state index contributed by atoms with van der Waals surface area (Å²) in [7, 11) is 0. The van der Waals surface area contributed by atoms with Crippen molar-refractivity contribution < 1.29 is 9.66 Å². The lowest BCUT2D eigenvalue weighted by molar-refractivity contribution is -0.384. The number of rotatable bonds is 2. The van der Waals surface area contributed by atoms with Gasteiger partial charge in [-0.3, -0.25) is 10.1 Å². The van der Waals surface area contributed by atoms with E-state index in [9.17, 15) is 10.1 Å². The van der Waals surface area contributed by atoms with E-state index in [4.69, 9.17) is 4.74 Å². The Balaban J connectivity index is 2.28. The fourth-order valence-corrected chi connectivity index (χ4v) is 2.45. The van der Waals surface area contributed by atoms with E-state index < -0.39 is 4.92 Å². The molecule has 0 amide bonds. The summed E-state index contributed by atoms with van der Waals surface area (Å²) in [6, 6.07) is 16.9. The Kier molecular flexibility index (Phi) is 3.96. The summed E-state index contributed by atoms with van der Waals surface area (Å²) in [5.74, 6) is 0.492. The quantitative estimate of drug-likeness (QED) is 0.625. The van der Waals surface area contributed by atoms with Gasteiger partial charge in [0.1, 0.15) is 6.20 Å². The summed E-state index contributed by atoms with van der Waals surface area (Å²) in [6.45, 7) is 0.506. The SMILES string of the molecule is O=[N+]([O-])c1cnc2c(c1-c1ccccccccc1)CCO2. The largest absolute Gasteiger partial charge is 0.477 e. The van der Waals surface area contributed by atoms with Crippen LogP contribution in [0.3, 0.4) is 0 Å². The lowest BCUT2D eigenvalue weighted by Crippen LogP contribution is -1.97. The maximum atomic E-state index is 11.4. The molecule has 0 atom stereocenters. The normalized spacial score (nSPS) is 12.0. The van der Waals surface area contributed by atoms with Gasteiger partial charge in [0, 0.05) is 12.0 Å². The van der Waals surface area contributed by atoms with Crippen molar-refractivity contribution in [2.45, 2.75) is 6.42 Å². The van der Waals surface area contributed by atoms with Crippen LogP contribution >= 0.6 is 0 Å². The topological polar surface area (TPSA) is 65.3 Å². The minimum absolute atomic E-state index is 0.00475. The summed E-state index contributed by atoms with van der Waals surface area (Å²) in [5.41, 5.74) is 2.17. The molecular formula is C17H14N2O3. The molecule has 0 aliphatic carbocycles. The molecule has 0 saturated carbocycles. The van der Waals surface area contributed by atoms with E-state index in [0.29, 0.717) is 24.5 Å². The molecule has 5 nitrogen and oxygen atoms in total. The van der Waals surface area contributed by atoms with Crippen LogP contribution in [0.4, 0.5) is 5.69 Å². The lowest BCUT2D eigenvalue weighted by atomic mass is 9.99. The number of hydrogen-bond donors (Lipinski definition) is 0. The number of ether oxygens (including phenoxy) is 1. The zero-order valence-electron chi connectivity index (χ0n) is 11.8. The summed E-state index contributed by atoms with van der Waals surface area (Å²) >= 11 is 0. The molecule has 1 aromatic heterocycles. The monoisotopic (exact) mass is 294 g/mol. The zero-order chi connectivity index (χ0) is 15.4. The van der Waals surface area contributed by atoms with E-state index >= 15 is 0 Å². The molecule has 0 N–H and O–H groups in total. The number of nitrogens with zero attached hydrogens (tertiary/aromatic N) is 2. The van der Waals surface area contributed by atoms with Crippen molar-refractivity contribution in [3.05, 3.63) is 76.5 Å². The molecule has 1 aromatic carbocycles. The molecule has 3 rings (SSSR count). The second-order valence-electron chi connectivity index (χ2n) is 4.79. The van der Waals surface area contributed by atoms with Gasteiger partial charge in [0.2, 0.25) is 5.88 Å². The Labute approximate surface area is 127 Å². The molecule has 0 bridgehead atoms. The first-order valence-corrected chi connectivity index (χ1v) is 6.95. The Morgan fingerprint density at radius 1 is 1.05 bits per heavy atom. The van der Waals surface area contributed by atoms with Crippen molar-refractivity contribution in [1.82, 2.24) is 4.98 Å². The van der Waals surface area contributed by atoms with Crippen molar-refractivity contribution in [2.24, 2.45) is 0 Å². The van der Waals surface area contributed by atoms with Gasteiger partial charge < -0.3 is 4.74 Å². The molecule has 1 aliphatic heterocycles. The van der Waals surface area contributed by atoms with Gasteiger partial charge in [-0.2, -0.15) is 0 Å². The first kappa shape index (κ1) is 14.0.